The fourth-order valence-electron chi connectivity index (χ4n) is 2.95. The Labute approximate surface area is 184 Å². The quantitative estimate of drug-likeness (QED) is 0.390. The molecule has 0 spiro atoms. The molecule has 0 aliphatic heterocycles. The second-order valence-electron chi connectivity index (χ2n) is 6.91. The molecule has 0 fully saturated rings. The summed E-state index contributed by atoms with van der Waals surface area (Å²) >= 11 is 0. The standard InChI is InChI=1S/C22H27N5O5/c1-4-6-7-10-27(13-17-14(5-2)8-9-18(28)26-17)22(31)20(30)25-15-11-16(19(23)29)21(32-3)24-12-15/h5,8-9,11-13H,4,6-7,10H2,1-3H3,(H2,23,29)(H,25,30)(H,26,28)/b14-5-,17-13+. The summed E-state index contributed by atoms with van der Waals surface area (Å²) in [6.07, 6.45) is 6.95. The normalized spacial score (nSPS) is 11.8. The summed E-state index contributed by atoms with van der Waals surface area (Å²) < 4.78 is 4.97. The number of nitrogens with two attached hydrogens (primary N) is 1. The van der Waals surface area contributed by atoms with Crippen LogP contribution in [-0.2, 0) is 9.59 Å². The van der Waals surface area contributed by atoms with Crippen molar-refractivity contribution in [2.24, 2.45) is 5.73 Å². The van der Waals surface area contributed by atoms with Crippen LogP contribution in [0.15, 0.2) is 29.2 Å². The number of unbranched alkanes of at least 4 members (excludes halogenated alkanes) is 2. The van der Waals surface area contributed by atoms with Crippen LogP contribution in [-0.4, -0.2) is 46.2 Å². The molecule has 10 nitrogen and oxygen atoms in total. The van der Waals surface area contributed by atoms with E-state index in [1.54, 1.807) is 19.1 Å². The van der Waals surface area contributed by atoms with Gasteiger partial charge in [0.25, 0.3) is 5.91 Å². The summed E-state index contributed by atoms with van der Waals surface area (Å²) in [6.45, 7) is 4.11. The van der Waals surface area contributed by atoms with Crippen LogP contribution in [0.5, 0.6) is 5.88 Å². The van der Waals surface area contributed by atoms with E-state index in [2.05, 4.69) is 15.3 Å². The highest BCUT2D eigenvalue weighted by atomic mass is 16.5. The molecule has 3 amide bonds. The van der Waals surface area contributed by atoms with Crippen LogP contribution < -0.4 is 31.9 Å². The van der Waals surface area contributed by atoms with Gasteiger partial charge >= 0.3 is 11.8 Å². The number of ether oxygens (including phenoxy) is 1. The maximum Gasteiger partial charge on any atom is 0.316 e. The van der Waals surface area contributed by atoms with Crippen LogP contribution in [0.25, 0.3) is 12.3 Å². The number of anilines is 1. The molecule has 32 heavy (non-hydrogen) atoms. The van der Waals surface area contributed by atoms with Gasteiger partial charge in [-0.25, -0.2) is 4.98 Å². The van der Waals surface area contributed by atoms with Crippen molar-refractivity contribution in [3.05, 3.63) is 50.9 Å². The fraction of sp³-hybridized carbons (Fsp3) is 0.318. The minimum absolute atomic E-state index is 0.00716. The van der Waals surface area contributed by atoms with Gasteiger partial charge in [0, 0.05) is 18.8 Å². The van der Waals surface area contributed by atoms with Crippen LogP contribution in [0.4, 0.5) is 5.69 Å². The third-order valence-electron chi connectivity index (χ3n) is 4.60. The molecule has 4 N–H and O–H groups in total. The molecule has 0 aromatic carbocycles. The first-order valence-corrected chi connectivity index (χ1v) is 10.1. The van der Waals surface area contributed by atoms with E-state index in [0.717, 1.165) is 12.8 Å². The maximum absolute atomic E-state index is 12.9. The molecule has 0 unspecified atom stereocenters. The number of nitrogens with one attached hydrogen (secondary N) is 2. The number of hydrogen-bond acceptors (Lipinski definition) is 6. The van der Waals surface area contributed by atoms with Crippen molar-refractivity contribution in [3.63, 3.8) is 0 Å². The average Bonchev–Trinajstić information content (AvgIpc) is 2.78. The van der Waals surface area contributed by atoms with Crippen LogP contribution in [0.1, 0.15) is 43.5 Å². The van der Waals surface area contributed by atoms with E-state index in [9.17, 15) is 19.2 Å². The Morgan fingerprint density at radius 2 is 2.03 bits per heavy atom. The lowest BCUT2D eigenvalue weighted by Crippen LogP contribution is -2.41. The van der Waals surface area contributed by atoms with E-state index >= 15 is 0 Å². The largest absolute Gasteiger partial charge is 0.480 e. The molecule has 2 heterocycles. The highest BCUT2D eigenvalue weighted by Crippen LogP contribution is 2.18. The van der Waals surface area contributed by atoms with E-state index in [1.165, 1.54) is 36.5 Å². The zero-order valence-electron chi connectivity index (χ0n) is 18.3. The summed E-state index contributed by atoms with van der Waals surface area (Å²) in [6, 6.07) is 4.30. The van der Waals surface area contributed by atoms with Crippen LogP contribution in [0.2, 0.25) is 0 Å². The smallest absolute Gasteiger partial charge is 0.316 e. The number of methoxy groups -OCH3 is 1. The van der Waals surface area contributed by atoms with Gasteiger partial charge in [-0.05, 0) is 30.7 Å². The minimum atomic E-state index is -0.930. The number of hydrogen-bond donors (Lipinski definition) is 3. The zero-order chi connectivity index (χ0) is 23.7. The van der Waals surface area contributed by atoms with Crippen molar-refractivity contribution in [1.29, 1.82) is 0 Å². The molecule has 0 saturated heterocycles. The van der Waals surface area contributed by atoms with E-state index in [1.807, 2.05) is 6.92 Å². The molecule has 0 bridgehead atoms. The van der Waals surface area contributed by atoms with E-state index in [0.29, 0.717) is 17.0 Å². The number of amides is 3. The predicted molar refractivity (Wildman–Crippen MR) is 120 cm³/mol. The molecule has 2 rings (SSSR count). The Kier molecular flexibility index (Phi) is 8.70. The number of aromatic nitrogens is 2. The van der Waals surface area contributed by atoms with Crippen molar-refractivity contribution in [1.82, 2.24) is 14.9 Å². The molecule has 10 heteroatoms. The number of primary amides is 1. The van der Waals surface area contributed by atoms with Gasteiger partial charge < -0.3 is 25.7 Å². The van der Waals surface area contributed by atoms with Crippen molar-refractivity contribution >= 4 is 35.7 Å². The van der Waals surface area contributed by atoms with Gasteiger partial charge in [-0.1, -0.05) is 25.8 Å². The molecule has 0 atom stereocenters. The lowest BCUT2D eigenvalue weighted by atomic mass is 10.2. The summed E-state index contributed by atoms with van der Waals surface area (Å²) in [7, 11) is 1.33. The second-order valence-corrected chi connectivity index (χ2v) is 6.91. The molecule has 2 aromatic heterocycles. The first-order valence-electron chi connectivity index (χ1n) is 10.1. The number of nitrogens with zero attached hydrogens (tertiary/aromatic N) is 2. The monoisotopic (exact) mass is 441 g/mol. The number of H-pyrrole nitrogens is 1. The fourth-order valence-corrected chi connectivity index (χ4v) is 2.95. The van der Waals surface area contributed by atoms with Gasteiger partial charge in [-0.2, -0.15) is 0 Å². The van der Waals surface area contributed by atoms with Gasteiger partial charge in [0.05, 0.1) is 24.3 Å². The van der Waals surface area contributed by atoms with Gasteiger partial charge in [-0.3, -0.25) is 19.2 Å². The number of pyridine rings is 2. The van der Waals surface area contributed by atoms with Crippen molar-refractivity contribution < 1.29 is 19.1 Å². The Morgan fingerprint density at radius 1 is 1.28 bits per heavy atom. The van der Waals surface area contributed by atoms with E-state index in [4.69, 9.17) is 10.5 Å². The number of carbonyl (C=O) groups excluding carboxylic acids is 3. The minimum Gasteiger partial charge on any atom is -0.480 e. The maximum atomic E-state index is 12.9. The van der Waals surface area contributed by atoms with Gasteiger partial charge in [-0.15, -0.1) is 0 Å². The lowest BCUT2D eigenvalue weighted by molar-refractivity contribution is -0.140. The highest BCUT2D eigenvalue weighted by Gasteiger charge is 2.21. The lowest BCUT2D eigenvalue weighted by Gasteiger charge is -2.18. The number of aromatic amines is 1. The Balaban J connectivity index is 2.36. The summed E-state index contributed by atoms with van der Waals surface area (Å²) in [5.74, 6) is -2.54. The third-order valence-corrected chi connectivity index (χ3v) is 4.60. The molecule has 0 aliphatic rings. The molecule has 170 valence electrons. The first-order chi connectivity index (χ1) is 15.3. The topological polar surface area (TPSA) is 147 Å². The predicted octanol–water partition coefficient (Wildman–Crippen LogP) is 0.0733. The highest BCUT2D eigenvalue weighted by molar-refractivity contribution is 6.40. The molecular weight excluding hydrogens is 414 g/mol. The zero-order valence-corrected chi connectivity index (χ0v) is 18.3. The SMILES string of the molecule is C/C=c1/ccc(=O)[nH]/c1=C/N(CCCCC)C(=O)C(=O)Nc1cnc(OC)c(C(N)=O)c1. The van der Waals surface area contributed by atoms with Crippen molar-refractivity contribution in [3.8, 4) is 5.88 Å². The first kappa shape index (κ1) is 24.3. The summed E-state index contributed by atoms with van der Waals surface area (Å²) in [5.41, 5.74) is 5.06. The Morgan fingerprint density at radius 3 is 2.66 bits per heavy atom. The van der Waals surface area contributed by atoms with Crippen LogP contribution in [0.3, 0.4) is 0 Å². The molecule has 0 radical (unpaired) electrons. The van der Waals surface area contributed by atoms with Gasteiger partial charge in [0.15, 0.2) is 0 Å². The second kappa shape index (κ2) is 11.4. The Bertz CT molecular complexity index is 1170. The molecule has 0 aliphatic carbocycles. The van der Waals surface area contributed by atoms with Crippen LogP contribution >= 0.6 is 0 Å². The number of rotatable bonds is 8. The molecule has 0 saturated carbocycles. The Hall–Kier alpha value is -3.95. The van der Waals surface area contributed by atoms with Gasteiger partial charge in [0.1, 0.15) is 5.56 Å². The van der Waals surface area contributed by atoms with Crippen molar-refractivity contribution in [2.75, 3.05) is 19.0 Å². The molecule has 2 aromatic rings. The number of carbonyl (C=O) groups is 3. The third kappa shape index (κ3) is 6.27. The van der Waals surface area contributed by atoms with Gasteiger partial charge in [0.2, 0.25) is 11.4 Å². The average molecular weight is 441 g/mol. The van der Waals surface area contributed by atoms with Crippen LogP contribution in [0, 0.1) is 0 Å². The summed E-state index contributed by atoms with van der Waals surface area (Å²) in [5, 5.41) is 3.56. The van der Waals surface area contributed by atoms with E-state index in [-0.39, 0.29) is 29.2 Å². The summed E-state index contributed by atoms with van der Waals surface area (Å²) in [4.78, 5) is 56.8. The van der Waals surface area contributed by atoms with E-state index < -0.39 is 17.7 Å². The molecular formula is C22H27N5O5. The van der Waals surface area contributed by atoms with Crippen molar-refractivity contribution in [2.45, 2.75) is 33.1 Å².